The molecular weight excluding hydrogens is 380 g/mol. The Morgan fingerprint density at radius 3 is 2.57 bits per heavy atom. The molecule has 0 saturated heterocycles. The molecule has 0 radical (unpaired) electrons. The third-order valence-electron chi connectivity index (χ3n) is 3.89. The molecule has 10 heteroatoms. The Kier molecular flexibility index (Phi) is 4.77. The molecule has 0 saturated carbocycles. The first kappa shape index (κ1) is 17.7. The molecule has 0 amide bonds. The minimum absolute atomic E-state index is 0.0566. The van der Waals surface area contributed by atoms with Crippen molar-refractivity contribution >= 4 is 28.9 Å². The summed E-state index contributed by atoms with van der Waals surface area (Å²) in [5.41, 5.74) is 2.28. The van der Waals surface area contributed by atoms with Gasteiger partial charge in [0.15, 0.2) is 11.4 Å². The van der Waals surface area contributed by atoms with Crippen LogP contribution in [-0.4, -0.2) is 41.3 Å². The van der Waals surface area contributed by atoms with Crippen LogP contribution in [0.1, 0.15) is 10.4 Å². The van der Waals surface area contributed by atoms with Crippen LogP contribution < -0.4 is 0 Å². The third-order valence-corrected chi connectivity index (χ3v) is 4.81. The molecule has 3 heterocycles. The number of pyridine rings is 1. The summed E-state index contributed by atoms with van der Waals surface area (Å²) in [4.78, 5) is 26.8. The maximum Gasteiger partial charge on any atom is 0.269 e. The molecule has 0 fully saturated rings. The number of non-ortho nitro benzene ring substituents is 1. The van der Waals surface area contributed by atoms with Crippen molar-refractivity contribution in [3.8, 4) is 11.4 Å². The molecule has 0 aliphatic carbocycles. The van der Waals surface area contributed by atoms with E-state index in [9.17, 15) is 14.9 Å². The van der Waals surface area contributed by atoms with Crippen LogP contribution in [0, 0.1) is 10.1 Å². The van der Waals surface area contributed by atoms with Gasteiger partial charge in [-0.1, -0.05) is 17.8 Å². The number of aromatic nitrogens is 5. The van der Waals surface area contributed by atoms with Crippen molar-refractivity contribution in [2.75, 3.05) is 5.75 Å². The minimum Gasteiger partial charge on any atom is -0.293 e. The number of nitro groups is 1. The summed E-state index contributed by atoms with van der Waals surface area (Å²) >= 11 is 1.20. The maximum absolute atomic E-state index is 12.4. The van der Waals surface area contributed by atoms with Gasteiger partial charge in [0, 0.05) is 23.9 Å². The second-order valence-corrected chi connectivity index (χ2v) is 6.64. The first-order valence-electron chi connectivity index (χ1n) is 8.16. The van der Waals surface area contributed by atoms with Crippen molar-refractivity contribution in [3.05, 3.63) is 76.5 Å². The normalized spacial score (nSPS) is 10.9. The van der Waals surface area contributed by atoms with E-state index in [1.807, 2.05) is 24.3 Å². The Hall–Kier alpha value is -3.66. The molecule has 9 nitrogen and oxygen atoms in total. The summed E-state index contributed by atoms with van der Waals surface area (Å²) in [7, 11) is 0. The molecule has 28 heavy (non-hydrogen) atoms. The number of nitrogens with zero attached hydrogens (tertiary/aromatic N) is 6. The molecule has 0 spiro atoms. The van der Waals surface area contributed by atoms with E-state index < -0.39 is 4.92 Å². The lowest BCUT2D eigenvalue weighted by Crippen LogP contribution is -2.04. The number of rotatable bonds is 6. The number of thioether (sulfide) groups is 1. The van der Waals surface area contributed by atoms with Crippen LogP contribution in [0.15, 0.2) is 66.0 Å². The lowest BCUT2D eigenvalue weighted by molar-refractivity contribution is -0.384. The Morgan fingerprint density at radius 2 is 1.86 bits per heavy atom. The molecule has 4 aromatic rings. The van der Waals surface area contributed by atoms with E-state index in [0.717, 1.165) is 5.69 Å². The highest BCUT2D eigenvalue weighted by Crippen LogP contribution is 2.21. The van der Waals surface area contributed by atoms with Gasteiger partial charge in [-0.05, 0) is 36.4 Å². The van der Waals surface area contributed by atoms with E-state index in [1.54, 1.807) is 16.8 Å². The monoisotopic (exact) mass is 392 g/mol. The first-order chi connectivity index (χ1) is 13.6. The zero-order chi connectivity index (χ0) is 19.5. The van der Waals surface area contributed by atoms with Crippen molar-refractivity contribution in [2.24, 2.45) is 0 Å². The smallest absolute Gasteiger partial charge is 0.269 e. The van der Waals surface area contributed by atoms with Crippen molar-refractivity contribution in [3.63, 3.8) is 0 Å². The summed E-state index contributed by atoms with van der Waals surface area (Å²) in [6, 6.07) is 14.7. The lowest BCUT2D eigenvalue weighted by atomic mass is 10.1. The summed E-state index contributed by atoms with van der Waals surface area (Å²) in [6.45, 7) is 0. The molecule has 0 aliphatic heterocycles. The van der Waals surface area contributed by atoms with Gasteiger partial charge in [0.2, 0.25) is 5.16 Å². The van der Waals surface area contributed by atoms with Gasteiger partial charge in [0.05, 0.1) is 16.4 Å². The van der Waals surface area contributed by atoms with Gasteiger partial charge in [0.25, 0.3) is 5.69 Å². The van der Waals surface area contributed by atoms with E-state index in [2.05, 4.69) is 20.3 Å². The van der Waals surface area contributed by atoms with Crippen molar-refractivity contribution < 1.29 is 9.72 Å². The predicted molar refractivity (Wildman–Crippen MR) is 102 cm³/mol. The maximum atomic E-state index is 12.4. The second kappa shape index (κ2) is 7.53. The van der Waals surface area contributed by atoms with Crippen molar-refractivity contribution in [1.29, 1.82) is 0 Å². The lowest BCUT2D eigenvalue weighted by Gasteiger charge is -2.03. The van der Waals surface area contributed by atoms with Crippen molar-refractivity contribution in [2.45, 2.75) is 5.16 Å². The number of carbonyl (C=O) groups excluding carboxylic acids is 1. The summed E-state index contributed by atoms with van der Waals surface area (Å²) in [5, 5.41) is 23.8. The average molecular weight is 392 g/mol. The summed E-state index contributed by atoms with van der Waals surface area (Å²) < 4.78 is 1.57. The van der Waals surface area contributed by atoms with Gasteiger partial charge >= 0.3 is 0 Å². The Morgan fingerprint density at radius 1 is 1.04 bits per heavy atom. The van der Waals surface area contributed by atoms with E-state index in [-0.39, 0.29) is 17.2 Å². The van der Waals surface area contributed by atoms with Gasteiger partial charge in [-0.25, -0.2) is 0 Å². The topological polar surface area (TPSA) is 116 Å². The van der Waals surface area contributed by atoms with E-state index in [1.165, 1.54) is 36.0 Å². The molecule has 3 aromatic heterocycles. The van der Waals surface area contributed by atoms with Gasteiger partial charge in [-0.3, -0.25) is 19.9 Å². The second-order valence-electron chi connectivity index (χ2n) is 5.70. The Labute approximate surface area is 162 Å². The third kappa shape index (κ3) is 3.58. The van der Waals surface area contributed by atoms with Crippen LogP contribution in [0.25, 0.3) is 17.0 Å². The zero-order valence-electron chi connectivity index (χ0n) is 14.3. The number of Topliss-reactive ketones (excluding diaryl/α,β-unsaturated/α-hetero) is 1. The zero-order valence-corrected chi connectivity index (χ0v) is 15.1. The summed E-state index contributed by atoms with van der Waals surface area (Å²) in [6.07, 6.45) is 1.69. The largest absolute Gasteiger partial charge is 0.293 e. The number of ketones is 1. The fourth-order valence-corrected chi connectivity index (χ4v) is 3.27. The van der Waals surface area contributed by atoms with Gasteiger partial charge in [-0.2, -0.15) is 9.61 Å². The molecule has 4 rings (SSSR count). The van der Waals surface area contributed by atoms with E-state index in [0.29, 0.717) is 22.1 Å². The molecule has 0 atom stereocenters. The minimum atomic E-state index is -0.504. The molecule has 1 aromatic carbocycles. The number of benzene rings is 1. The van der Waals surface area contributed by atoms with E-state index >= 15 is 0 Å². The van der Waals surface area contributed by atoms with Crippen LogP contribution in [0.4, 0.5) is 5.69 Å². The van der Waals surface area contributed by atoms with Crippen LogP contribution in [0.3, 0.4) is 0 Å². The number of hydrogen-bond acceptors (Lipinski definition) is 8. The van der Waals surface area contributed by atoms with Crippen LogP contribution in [0.2, 0.25) is 0 Å². The number of fused-ring (bicyclic) bond motifs is 1. The predicted octanol–water partition coefficient (Wildman–Crippen LogP) is 3.07. The molecule has 138 valence electrons. The SMILES string of the molecule is O=C(CSc1nnc2ccc(-c3ccccn3)nn12)c1ccc([N+](=O)[O-])cc1. The van der Waals surface area contributed by atoms with Gasteiger partial charge in [-0.15, -0.1) is 10.2 Å². The first-order valence-corrected chi connectivity index (χ1v) is 9.15. The molecule has 0 N–H and O–H groups in total. The Balaban J connectivity index is 1.53. The number of nitro benzene ring substituents is 1. The fraction of sp³-hybridized carbons (Fsp3) is 0.0556. The highest BCUT2D eigenvalue weighted by molar-refractivity contribution is 7.99. The van der Waals surface area contributed by atoms with Crippen LogP contribution >= 0.6 is 11.8 Å². The van der Waals surface area contributed by atoms with Crippen molar-refractivity contribution in [1.82, 2.24) is 24.8 Å². The standard InChI is InChI=1S/C18H12N6O3S/c25-16(12-4-6-13(7-5-12)24(26)27)11-28-18-21-20-17-9-8-15(22-23(17)18)14-3-1-2-10-19-14/h1-10H,11H2. The van der Waals surface area contributed by atoms with Crippen LogP contribution in [-0.2, 0) is 0 Å². The number of carbonyl (C=O) groups is 1. The van der Waals surface area contributed by atoms with E-state index in [4.69, 9.17) is 0 Å². The van der Waals surface area contributed by atoms with Gasteiger partial charge < -0.3 is 0 Å². The van der Waals surface area contributed by atoms with Gasteiger partial charge in [0.1, 0.15) is 5.69 Å². The highest BCUT2D eigenvalue weighted by atomic mass is 32.2. The molecular formula is C18H12N6O3S. The van der Waals surface area contributed by atoms with Crippen LogP contribution in [0.5, 0.6) is 0 Å². The summed E-state index contributed by atoms with van der Waals surface area (Å²) in [5.74, 6) is -0.0637. The molecule has 0 unspecified atom stereocenters. The molecule has 0 bridgehead atoms. The fourth-order valence-electron chi connectivity index (χ4n) is 2.49. The highest BCUT2D eigenvalue weighted by Gasteiger charge is 2.14. The average Bonchev–Trinajstić information content (AvgIpc) is 3.15. The number of hydrogen-bond donors (Lipinski definition) is 0. The quantitative estimate of drug-likeness (QED) is 0.213. The Bertz CT molecular complexity index is 1160. The molecule has 0 aliphatic rings.